The summed E-state index contributed by atoms with van der Waals surface area (Å²) in [6, 6.07) is 13.9. The van der Waals surface area contributed by atoms with Crippen molar-refractivity contribution in [1.82, 2.24) is 9.78 Å². The molecule has 0 radical (unpaired) electrons. The summed E-state index contributed by atoms with van der Waals surface area (Å²) >= 11 is 0. The number of hydrogen-bond donors (Lipinski definition) is 1. The van der Waals surface area contributed by atoms with Crippen molar-refractivity contribution < 1.29 is 9.84 Å². The fraction of sp³-hybridized carbons (Fsp3) is 0.211. The van der Waals surface area contributed by atoms with Crippen LogP contribution < -0.4 is 4.74 Å². The zero-order valence-corrected chi connectivity index (χ0v) is 13.6. The molecule has 4 heteroatoms. The molecule has 0 fully saturated rings. The van der Waals surface area contributed by atoms with E-state index in [0.717, 1.165) is 22.6 Å². The summed E-state index contributed by atoms with van der Waals surface area (Å²) in [4.78, 5) is 0. The molecule has 0 atom stereocenters. The molecule has 1 heterocycles. The van der Waals surface area contributed by atoms with Crippen LogP contribution >= 0.6 is 0 Å². The highest BCUT2D eigenvalue weighted by molar-refractivity contribution is 5.68. The molecule has 1 N–H and O–H groups in total. The van der Waals surface area contributed by atoms with E-state index in [2.05, 4.69) is 5.10 Å². The highest BCUT2D eigenvalue weighted by Gasteiger charge is 2.14. The van der Waals surface area contributed by atoms with Crippen LogP contribution in [-0.2, 0) is 0 Å². The minimum atomic E-state index is 0.0119. The maximum Gasteiger partial charge on any atom is 0.238 e. The highest BCUT2D eigenvalue weighted by Crippen LogP contribution is 2.32. The summed E-state index contributed by atoms with van der Waals surface area (Å²) in [7, 11) is 0. The van der Waals surface area contributed by atoms with Gasteiger partial charge in [-0.25, -0.2) is 4.68 Å². The lowest BCUT2D eigenvalue weighted by Crippen LogP contribution is -2.01. The number of aromatic nitrogens is 2. The monoisotopic (exact) mass is 308 g/mol. The van der Waals surface area contributed by atoms with Crippen LogP contribution in [0.4, 0.5) is 0 Å². The van der Waals surface area contributed by atoms with Gasteiger partial charge in [-0.1, -0.05) is 35.9 Å². The van der Waals surface area contributed by atoms with Crippen LogP contribution in [0.3, 0.4) is 0 Å². The number of benzene rings is 2. The van der Waals surface area contributed by atoms with Gasteiger partial charge in [0.2, 0.25) is 5.88 Å². The standard InChI is InChI=1S/C19H20N2O2/c1-4-23-18-10-7-14(3)11-17(18)21-12-16(19(22)20-21)15-8-5-13(2)6-9-15/h5-12H,4H2,1-3H3,(H,20,22). The van der Waals surface area contributed by atoms with Gasteiger partial charge in [0, 0.05) is 6.20 Å². The molecule has 4 nitrogen and oxygen atoms in total. The van der Waals surface area contributed by atoms with E-state index in [-0.39, 0.29) is 5.88 Å². The van der Waals surface area contributed by atoms with E-state index in [4.69, 9.17) is 4.74 Å². The Morgan fingerprint density at radius 2 is 1.74 bits per heavy atom. The molecule has 118 valence electrons. The lowest BCUT2D eigenvalue weighted by Gasteiger charge is -2.10. The second-order valence-corrected chi connectivity index (χ2v) is 5.58. The Kier molecular flexibility index (Phi) is 4.06. The molecule has 0 aliphatic heterocycles. The average molecular weight is 308 g/mol. The molecule has 1 aromatic heterocycles. The van der Waals surface area contributed by atoms with Gasteiger partial charge in [-0.15, -0.1) is 5.10 Å². The first-order chi connectivity index (χ1) is 11.1. The Bertz CT molecular complexity index is 820. The third kappa shape index (κ3) is 3.06. The normalized spacial score (nSPS) is 10.7. The average Bonchev–Trinajstić information content (AvgIpc) is 2.92. The Labute approximate surface area is 136 Å². The molecule has 2 aromatic carbocycles. The van der Waals surface area contributed by atoms with Crippen LogP contribution in [-0.4, -0.2) is 21.5 Å². The third-order valence-electron chi connectivity index (χ3n) is 3.72. The molecule has 0 saturated heterocycles. The van der Waals surface area contributed by atoms with Gasteiger partial charge >= 0.3 is 0 Å². The first-order valence-electron chi connectivity index (χ1n) is 7.68. The van der Waals surface area contributed by atoms with E-state index in [0.29, 0.717) is 12.2 Å². The Hall–Kier alpha value is -2.75. The smallest absolute Gasteiger partial charge is 0.238 e. The molecule has 0 aliphatic carbocycles. The van der Waals surface area contributed by atoms with Crippen molar-refractivity contribution in [3.8, 4) is 28.4 Å². The zero-order valence-electron chi connectivity index (χ0n) is 13.6. The van der Waals surface area contributed by atoms with Crippen LogP contribution in [0.25, 0.3) is 16.8 Å². The van der Waals surface area contributed by atoms with Crippen LogP contribution in [0.15, 0.2) is 48.7 Å². The molecular formula is C19H20N2O2. The Morgan fingerprint density at radius 3 is 2.43 bits per heavy atom. The third-order valence-corrected chi connectivity index (χ3v) is 3.72. The molecule has 3 rings (SSSR count). The maximum atomic E-state index is 10.2. The van der Waals surface area contributed by atoms with Crippen molar-refractivity contribution in [3.63, 3.8) is 0 Å². The minimum absolute atomic E-state index is 0.0119. The molecule has 23 heavy (non-hydrogen) atoms. The summed E-state index contributed by atoms with van der Waals surface area (Å²) in [5, 5.41) is 14.5. The van der Waals surface area contributed by atoms with E-state index >= 15 is 0 Å². The predicted molar refractivity (Wildman–Crippen MR) is 91.3 cm³/mol. The Morgan fingerprint density at radius 1 is 1.04 bits per heavy atom. The van der Waals surface area contributed by atoms with Gasteiger partial charge in [0.1, 0.15) is 11.4 Å². The van der Waals surface area contributed by atoms with Crippen molar-refractivity contribution in [2.45, 2.75) is 20.8 Å². The summed E-state index contributed by atoms with van der Waals surface area (Å²) in [5.74, 6) is 0.758. The number of hydrogen-bond acceptors (Lipinski definition) is 3. The second-order valence-electron chi connectivity index (χ2n) is 5.58. The van der Waals surface area contributed by atoms with Crippen LogP contribution in [0.2, 0.25) is 0 Å². The van der Waals surface area contributed by atoms with E-state index in [1.807, 2.05) is 69.4 Å². The molecule has 0 saturated carbocycles. The van der Waals surface area contributed by atoms with Gasteiger partial charge in [-0.05, 0) is 44.0 Å². The van der Waals surface area contributed by atoms with Crippen LogP contribution in [0.1, 0.15) is 18.1 Å². The number of nitrogens with zero attached hydrogens (tertiary/aromatic N) is 2. The van der Waals surface area contributed by atoms with Crippen molar-refractivity contribution in [2.24, 2.45) is 0 Å². The van der Waals surface area contributed by atoms with Crippen LogP contribution in [0.5, 0.6) is 11.6 Å². The second kappa shape index (κ2) is 6.16. The lowest BCUT2D eigenvalue weighted by molar-refractivity contribution is 0.338. The molecule has 0 unspecified atom stereocenters. The van der Waals surface area contributed by atoms with Gasteiger partial charge in [0.15, 0.2) is 0 Å². The summed E-state index contributed by atoms with van der Waals surface area (Å²) in [6.07, 6.45) is 1.83. The predicted octanol–water partition coefficient (Wildman–Crippen LogP) is 4.26. The van der Waals surface area contributed by atoms with E-state index in [1.165, 1.54) is 5.56 Å². The summed E-state index contributed by atoms with van der Waals surface area (Å²) in [6.45, 7) is 6.58. The van der Waals surface area contributed by atoms with Crippen LogP contribution in [0, 0.1) is 13.8 Å². The first-order valence-corrected chi connectivity index (χ1v) is 7.68. The van der Waals surface area contributed by atoms with E-state index in [9.17, 15) is 5.11 Å². The molecule has 0 amide bonds. The van der Waals surface area contributed by atoms with Gasteiger partial charge in [-0.2, -0.15) is 0 Å². The summed E-state index contributed by atoms with van der Waals surface area (Å²) < 4.78 is 7.34. The van der Waals surface area contributed by atoms with E-state index in [1.54, 1.807) is 4.68 Å². The van der Waals surface area contributed by atoms with Crippen molar-refractivity contribution in [3.05, 3.63) is 59.8 Å². The molecule has 0 bridgehead atoms. The molecule has 0 spiro atoms. The quantitative estimate of drug-likeness (QED) is 0.783. The SMILES string of the molecule is CCOc1ccc(C)cc1-n1cc(-c2ccc(C)cc2)c(O)n1. The van der Waals surface area contributed by atoms with Crippen molar-refractivity contribution in [2.75, 3.05) is 6.61 Å². The zero-order chi connectivity index (χ0) is 16.4. The number of aryl methyl sites for hydroxylation is 2. The van der Waals surface area contributed by atoms with Gasteiger partial charge < -0.3 is 9.84 Å². The van der Waals surface area contributed by atoms with Crippen molar-refractivity contribution in [1.29, 1.82) is 0 Å². The molecule has 3 aromatic rings. The number of aromatic hydroxyl groups is 1. The van der Waals surface area contributed by atoms with Gasteiger partial charge in [-0.3, -0.25) is 0 Å². The number of ether oxygens (including phenoxy) is 1. The van der Waals surface area contributed by atoms with Crippen molar-refractivity contribution >= 4 is 0 Å². The minimum Gasteiger partial charge on any atom is -0.492 e. The van der Waals surface area contributed by atoms with E-state index < -0.39 is 0 Å². The maximum absolute atomic E-state index is 10.2. The number of rotatable bonds is 4. The molecule has 0 aliphatic rings. The summed E-state index contributed by atoms with van der Waals surface area (Å²) in [5.41, 5.74) is 4.74. The highest BCUT2D eigenvalue weighted by atomic mass is 16.5. The largest absolute Gasteiger partial charge is 0.492 e. The molecular weight excluding hydrogens is 288 g/mol. The lowest BCUT2D eigenvalue weighted by atomic mass is 10.1. The fourth-order valence-electron chi connectivity index (χ4n) is 2.51. The topological polar surface area (TPSA) is 47.3 Å². The fourth-order valence-corrected chi connectivity index (χ4v) is 2.51. The Balaban J connectivity index is 2.07. The van der Waals surface area contributed by atoms with Gasteiger partial charge in [0.25, 0.3) is 0 Å². The first kappa shape index (κ1) is 15.2. The van der Waals surface area contributed by atoms with Gasteiger partial charge in [0.05, 0.1) is 12.2 Å².